The minimum absolute atomic E-state index is 0.0345. The Kier molecular flexibility index (Phi) is 2.82. The van der Waals surface area contributed by atoms with Crippen molar-refractivity contribution in [1.29, 1.82) is 0 Å². The number of hydrogen-bond donors (Lipinski definition) is 2. The number of aliphatic hydroxyl groups excluding tert-OH is 1. The van der Waals surface area contributed by atoms with Crippen molar-refractivity contribution in [3.8, 4) is 5.75 Å². The van der Waals surface area contributed by atoms with E-state index in [-0.39, 0.29) is 6.61 Å². The third-order valence-electron chi connectivity index (χ3n) is 3.94. The quantitative estimate of drug-likeness (QED) is 0.797. The van der Waals surface area contributed by atoms with Crippen LogP contribution in [0.4, 0.5) is 15.8 Å². The molecule has 1 saturated heterocycles. The Hall–Kier alpha value is -1.49. The maximum atomic E-state index is 13.3. The van der Waals surface area contributed by atoms with E-state index in [4.69, 9.17) is 10.5 Å². The van der Waals surface area contributed by atoms with Gasteiger partial charge in [0.1, 0.15) is 17.5 Å². The van der Waals surface area contributed by atoms with Crippen LogP contribution < -0.4 is 15.4 Å². The molecule has 3 rings (SSSR count). The predicted octanol–water partition coefficient (Wildman–Crippen LogP) is 1.50. The zero-order chi connectivity index (χ0) is 13.6. The molecule has 0 bridgehead atoms. The van der Waals surface area contributed by atoms with Crippen LogP contribution in [0, 0.1) is 0 Å². The van der Waals surface area contributed by atoms with E-state index >= 15 is 0 Å². The largest absolute Gasteiger partial charge is 0.484 e. The lowest BCUT2D eigenvalue weighted by Gasteiger charge is -2.22. The van der Waals surface area contributed by atoms with Crippen LogP contribution >= 0.6 is 0 Å². The van der Waals surface area contributed by atoms with Gasteiger partial charge in [0.05, 0.1) is 18.0 Å². The third-order valence-corrected chi connectivity index (χ3v) is 3.94. The van der Waals surface area contributed by atoms with Gasteiger partial charge in [-0.3, -0.25) is 0 Å². The Labute approximate surface area is 112 Å². The van der Waals surface area contributed by atoms with Gasteiger partial charge in [0.15, 0.2) is 0 Å². The van der Waals surface area contributed by atoms with E-state index in [1.807, 2.05) is 24.0 Å². The van der Waals surface area contributed by atoms with E-state index in [2.05, 4.69) is 0 Å². The van der Waals surface area contributed by atoms with Gasteiger partial charge < -0.3 is 20.5 Å². The number of benzene rings is 1. The molecule has 0 aromatic heterocycles. The summed E-state index contributed by atoms with van der Waals surface area (Å²) in [5.74, 6) is 0.753. The lowest BCUT2D eigenvalue weighted by molar-refractivity contribution is 0.0447. The molecule has 0 radical (unpaired) electrons. The van der Waals surface area contributed by atoms with Crippen LogP contribution in [0.5, 0.6) is 5.75 Å². The highest BCUT2D eigenvalue weighted by Crippen LogP contribution is 2.41. The second-order valence-electron chi connectivity index (χ2n) is 5.74. The lowest BCUT2D eigenvalue weighted by Crippen LogP contribution is -2.34. The van der Waals surface area contributed by atoms with Gasteiger partial charge in [-0.1, -0.05) is 0 Å². The molecule has 4 nitrogen and oxygen atoms in total. The van der Waals surface area contributed by atoms with Gasteiger partial charge in [0, 0.05) is 31.1 Å². The fourth-order valence-corrected chi connectivity index (χ4v) is 2.87. The van der Waals surface area contributed by atoms with Crippen LogP contribution in [-0.4, -0.2) is 36.6 Å². The molecule has 0 spiro atoms. The number of nitrogens with zero attached hydrogens (tertiary/aromatic N) is 1. The number of anilines is 2. The number of aliphatic hydroxyl groups is 1. The van der Waals surface area contributed by atoms with Crippen molar-refractivity contribution in [1.82, 2.24) is 0 Å². The number of hydrogen-bond acceptors (Lipinski definition) is 4. The van der Waals surface area contributed by atoms with E-state index in [9.17, 15) is 9.50 Å². The standard InChI is InChI=1S/C14H19FN2O2/c1-14(8-18)6-9-4-11(16)12(5-13(9)19-14)17-3-2-10(15)7-17/h4-5,10,18H,2-3,6-8,16H2,1H3/t10-,14?/m1/s1. The number of rotatable bonds is 2. The molecular weight excluding hydrogens is 247 g/mol. The highest BCUT2D eigenvalue weighted by Gasteiger charge is 2.35. The molecule has 1 aromatic rings. The Morgan fingerprint density at radius 3 is 3.00 bits per heavy atom. The maximum absolute atomic E-state index is 13.3. The van der Waals surface area contributed by atoms with Gasteiger partial charge >= 0.3 is 0 Å². The highest BCUT2D eigenvalue weighted by molar-refractivity contribution is 5.72. The number of fused-ring (bicyclic) bond motifs is 1. The second kappa shape index (κ2) is 4.27. The van der Waals surface area contributed by atoms with E-state index in [1.54, 1.807) is 0 Å². The van der Waals surface area contributed by atoms with Gasteiger partial charge in [0.25, 0.3) is 0 Å². The number of halogens is 1. The van der Waals surface area contributed by atoms with Crippen molar-refractivity contribution >= 4 is 11.4 Å². The SMILES string of the molecule is CC1(CO)Cc2cc(N)c(N3CC[C@@H](F)C3)cc2O1. The number of ether oxygens (including phenoxy) is 1. The first kappa shape index (κ1) is 12.5. The first-order valence-electron chi connectivity index (χ1n) is 6.62. The lowest BCUT2D eigenvalue weighted by atomic mass is 10.00. The molecule has 104 valence electrons. The summed E-state index contributed by atoms with van der Waals surface area (Å²) in [5, 5.41) is 9.37. The molecule has 2 heterocycles. The molecule has 5 heteroatoms. The van der Waals surface area contributed by atoms with Crippen molar-refractivity contribution in [3.05, 3.63) is 17.7 Å². The summed E-state index contributed by atoms with van der Waals surface area (Å²) in [5.41, 5.74) is 7.99. The first-order valence-corrected chi connectivity index (χ1v) is 6.62. The van der Waals surface area contributed by atoms with Crippen LogP contribution in [0.15, 0.2) is 12.1 Å². The summed E-state index contributed by atoms with van der Waals surface area (Å²) >= 11 is 0. The summed E-state index contributed by atoms with van der Waals surface area (Å²) in [4.78, 5) is 1.96. The summed E-state index contributed by atoms with van der Waals surface area (Å²) in [6.07, 6.45) is 0.414. The van der Waals surface area contributed by atoms with Gasteiger partial charge in [-0.2, -0.15) is 0 Å². The summed E-state index contributed by atoms with van der Waals surface area (Å²) < 4.78 is 19.1. The topological polar surface area (TPSA) is 58.7 Å². The molecule has 1 aromatic carbocycles. The Morgan fingerprint density at radius 2 is 2.37 bits per heavy atom. The van der Waals surface area contributed by atoms with Crippen LogP contribution in [0.3, 0.4) is 0 Å². The molecule has 1 unspecified atom stereocenters. The number of nitrogens with two attached hydrogens (primary N) is 1. The summed E-state index contributed by atoms with van der Waals surface area (Å²) in [6.45, 7) is 2.91. The predicted molar refractivity (Wildman–Crippen MR) is 72.4 cm³/mol. The van der Waals surface area contributed by atoms with Crippen molar-refractivity contribution < 1.29 is 14.2 Å². The first-order chi connectivity index (χ1) is 9.00. The van der Waals surface area contributed by atoms with Gasteiger partial charge in [-0.25, -0.2) is 4.39 Å². The van der Waals surface area contributed by atoms with E-state index < -0.39 is 11.8 Å². The van der Waals surface area contributed by atoms with Crippen LogP contribution in [0.25, 0.3) is 0 Å². The minimum Gasteiger partial charge on any atom is -0.484 e. The Morgan fingerprint density at radius 1 is 1.58 bits per heavy atom. The van der Waals surface area contributed by atoms with Crippen molar-refractivity contribution in [2.75, 3.05) is 30.3 Å². The monoisotopic (exact) mass is 266 g/mol. The molecule has 3 N–H and O–H groups in total. The molecule has 0 saturated carbocycles. The van der Waals surface area contributed by atoms with Crippen LogP contribution in [0.1, 0.15) is 18.9 Å². The Bertz CT molecular complexity index is 508. The molecule has 19 heavy (non-hydrogen) atoms. The number of nitrogen functional groups attached to an aromatic ring is 1. The van der Waals surface area contributed by atoms with Crippen molar-refractivity contribution in [2.24, 2.45) is 0 Å². The third kappa shape index (κ3) is 2.12. The molecule has 1 fully saturated rings. The zero-order valence-electron chi connectivity index (χ0n) is 11.0. The van der Waals surface area contributed by atoms with Crippen molar-refractivity contribution in [3.63, 3.8) is 0 Å². The smallest absolute Gasteiger partial charge is 0.133 e. The van der Waals surface area contributed by atoms with Crippen molar-refractivity contribution in [2.45, 2.75) is 31.5 Å². The minimum atomic E-state index is -0.781. The average molecular weight is 266 g/mol. The number of alkyl halides is 1. The van der Waals surface area contributed by atoms with E-state index in [1.165, 1.54) is 0 Å². The molecule has 2 aliphatic heterocycles. The van der Waals surface area contributed by atoms with E-state index in [0.717, 1.165) is 17.0 Å². The van der Waals surface area contributed by atoms with Crippen LogP contribution in [-0.2, 0) is 6.42 Å². The molecule has 0 amide bonds. The highest BCUT2D eigenvalue weighted by atomic mass is 19.1. The van der Waals surface area contributed by atoms with Gasteiger partial charge in [-0.05, 0) is 19.4 Å². The summed E-state index contributed by atoms with van der Waals surface area (Å²) in [7, 11) is 0. The second-order valence-corrected chi connectivity index (χ2v) is 5.74. The van der Waals surface area contributed by atoms with Crippen LogP contribution in [0.2, 0.25) is 0 Å². The van der Waals surface area contributed by atoms with E-state index in [0.29, 0.717) is 31.6 Å². The maximum Gasteiger partial charge on any atom is 0.133 e. The molecule has 2 atom stereocenters. The fourth-order valence-electron chi connectivity index (χ4n) is 2.87. The van der Waals surface area contributed by atoms with Gasteiger partial charge in [-0.15, -0.1) is 0 Å². The van der Waals surface area contributed by atoms with Gasteiger partial charge in [0.2, 0.25) is 0 Å². The fraction of sp³-hybridized carbons (Fsp3) is 0.571. The normalized spacial score (nSPS) is 29.4. The molecule has 0 aliphatic carbocycles. The Balaban J connectivity index is 1.92. The summed E-state index contributed by atoms with van der Waals surface area (Å²) in [6, 6.07) is 3.76. The molecular formula is C14H19FN2O2. The zero-order valence-corrected chi connectivity index (χ0v) is 11.0. The molecule has 2 aliphatic rings. The average Bonchev–Trinajstić information content (AvgIpc) is 2.91.